The average Bonchev–Trinajstić information content (AvgIpc) is 3.46. The minimum Gasteiger partial charge on any atom is -0.366 e. The molecule has 0 atom stereocenters. The van der Waals surface area contributed by atoms with E-state index >= 15 is 0 Å². The number of anilines is 2. The Balaban J connectivity index is 1.40. The molecule has 2 saturated heterocycles. The van der Waals surface area contributed by atoms with Gasteiger partial charge in [-0.25, -0.2) is 4.98 Å². The van der Waals surface area contributed by atoms with Crippen molar-refractivity contribution in [1.29, 1.82) is 0 Å². The van der Waals surface area contributed by atoms with Crippen LogP contribution in [0, 0.1) is 0 Å². The van der Waals surface area contributed by atoms with E-state index < -0.39 is 0 Å². The third kappa shape index (κ3) is 4.38. The van der Waals surface area contributed by atoms with Gasteiger partial charge in [0.2, 0.25) is 11.3 Å². The molecule has 0 spiro atoms. The highest BCUT2D eigenvalue weighted by atomic mass is 16.2. The highest BCUT2D eigenvalue weighted by molar-refractivity contribution is 6.03. The summed E-state index contributed by atoms with van der Waals surface area (Å²) in [5.41, 5.74) is 2.29. The molecule has 0 aliphatic carbocycles. The number of para-hydroxylation sites is 1. The fourth-order valence-corrected chi connectivity index (χ4v) is 5.76. The second kappa shape index (κ2) is 10.1. The zero-order chi connectivity index (χ0) is 26.2. The van der Waals surface area contributed by atoms with Crippen molar-refractivity contribution in [2.45, 2.75) is 26.3 Å². The van der Waals surface area contributed by atoms with Crippen molar-refractivity contribution in [2.75, 3.05) is 62.6 Å². The van der Waals surface area contributed by atoms with Crippen LogP contribution < -0.4 is 21.0 Å². The van der Waals surface area contributed by atoms with Gasteiger partial charge in [0.1, 0.15) is 17.2 Å². The lowest BCUT2D eigenvalue weighted by Crippen LogP contribution is -2.48. The standard InChI is InChI=1S/C28H33N7O3/c1-19(36)33-14-16-34(17-15-33)23-9-8-21-25(37)24(28(38)29-10-13-32-11-4-5-12-32)27-30-18-20-6-2-3-7-22(20)35(27)26(21)31-23/h2-3,6-9,30H,4-5,10-18H2,1H3,(H,29,38). The highest BCUT2D eigenvalue weighted by Crippen LogP contribution is 2.32. The van der Waals surface area contributed by atoms with Crippen LogP contribution >= 0.6 is 0 Å². The Labute approximate surface area is 221 Å². The van der Waals surface area contributed by atoms with Crippen molar-refractivity contribution in [3.05, 3.63) is 57.7 Å². The third-order valence-corrected chi connectivity index (χ3v) is 7.87. The number of carbonyl (C=O) groups excluding carboxylic acids is 2. The Kier molecular flexibility index (Phi) is 6.49. The smallest absolute Gasteiger partial charge is 0.259 e. The topological polar surface area (TPSA) is 103 Å². The summed E-state index contributed by atoms with van der Waals surface area (Å²) in [6, 6.07) is 11.6. The van der Waals surface area contributed by atoms with Gasteiger partial charge in [-0.15, -0.1) is 0 Å². The molecule has 3 aliphatic rings. The molecule has 5 heterocycles. The number of hydrogen-bond donors (Lipinski definition) is 2. The predicted molar refractivity (Wildman–Crippen MR) is 147 cm³/mol. The van der Waals surface area contributed by atoms with Crippen LogP contribution in [0.15, 0.2) is 41.2 Å². The summed E-state index contributed by atoms with van der Waals surface area (Å²) in [6.07, 6.45) is 2.39. The molecule has 2 aromatic heterocycles. The van der Waals surface area contributed by atoms with Gasteiger partial charge in [0.25, 0.3) is 5.91 Å². The van der Waals surface area contributed by atoms with Gasteiger partial charge in [-0.3, -0.25) is 19.0 Å². The van der Waals surface area contributed by atoms with E-state index in [0.29, 0.717) is 56.1 Å². The number of aromatic nitrogens is 2. The molecule has 1 aromatic carbocycles. The molecule has 0 radical (unpaired) electrons. The number of benzene rings is 1. The van der Waals surface area contributed by atoms with Gasteiger partial charge in [-0.2, -0.15) is 0 Å². The van der Waals surface area contributed by atoms with Crippen LogP contribution in [0.3, 0.4) is 0 Å². The number of hydrogen-bond acceptors (Lipinski definition) is 7. The molecule has 2 N–H and O–H groups in total. The molecule has 0 bridgehead atoms. The number of rotatable bonds is 5. The maximum Gasteiger partial charge on any atom is 0.259 e. The number of amides is 2. The summed E-state index contributed by atoms with van der Waals surface area (Å²) in [4.78, 5) is 50.2. The zero-order valence-corrected chi connectivity index (χ0v) is 21.7. The normalized spacial score (nSPS) is 17.2. The lowest BCUT2D eigenvalue weighted by Gasteiger charge is -2.35. The van der Waals surface area contributed by atoms with Crippen molar-refractivity contribution in [2.24, 2.45) is 0 Å². The number of likely N-dealkylation sites (tertiary alicyclic amines) is 1. The molecular formula is C28H33N7O3. The maximum absolute atomic E-state index is 13.8. The van der Waals surface area contributed by atoms with E-state index in [1.807, 2.05) is 39.8 Å². The van der Waals surface area contributed by atoms with Crippen LogP contribution in [-0.4, -0.2) is 83.5 Å². The molecule has 2 fully saturated rings. The Morgan fingerprint density at radius 1 is 1.00 bits per heavy atom. The predicted octanol–water partition coefficient (Wildman–Crippen LogP) is 1.81. The molecule has 2 amide bonds. The molecule has 10 heteroatoms. The second-order valence-electron chi connectivity index (χ2n) is 10.2. The van der Waals surface area contributed by atoms with Crippen LogP contribution in [0.1, 0.15) is 35.7 Å². The van der Waals surface area contributed by atoms with Crippen LogP contribution in [0.25, 0.3) is 16.7 Å². The summed E-state index contributed by atoms with van der Waals surface area (Å²) < 4.78 is 1.92. The van der Waals surface area contributed by atoms with E-state index in [4.69, 9.17) is 4.98 Å². The molecule has 0 saturated carbocycles. The van der Waals surface area contributed by atoms with E-state index in [0.717, 1.165) is 36.7 Å². The van der Waals surface area contributed by atoms with E-state index in [1.54, 1.807) is 13.0 Å². The number of carbonyl (C=O) groups is 2. The summed E-state index contributed by atoms with van der Waals surface area (Å²) in [5.74, 6) is 0.938. The summed E-state index contributed by atoms with van der Waals surface area (Å²) in [7, 11) is 0. The van der Waals surface area contributed by atoms with E-state index in [-0.39, 0.29) is 22.8 Å². The molecule has 6 rings (SSSR count). The van der Waals surface area contributed by atoms with E-state index in [2.05, 4.69) is 20.4 Å². The van der Waals surface area contributed by atoms with Gasteiger partial charge < -0.3 is 25.3 Å². The first kappa shape index (κ1) is 24.4. The lowest BCUT2D eigenvalue weighted by atomic mass is 10.1. The van der Waals surface area contributed by atoms with Gasteiger partial charge in [-0.1, -0.05) is 18.2 Å². The summed E-state index contributed by atoms with van der Waals surface area (Å²) >= 11 is 0. The first-order valence-electron chi connectivity index (χ1n) is 13.4. The number of fused-ring (bicyclic) bond motifs is 5. The van der Waals surface area contributed by atoms with Gasteiger partial charge in [0.05, 0.1) is 11.1 Å². The van der Waals surface area contributed by atoms with Crippen molar-refractivity contribution < 1.29 is 9.59 Å². The van der Waals surface area contributed by atoms with Gasteiger partial charge in [0, 0.05) is 52.7 Å². The summed E-state index contributed by atoms with van der Waals surface area (Å²) in [5, 5.41) is 6.74. The average molecular weight is 516 g/mol. The molecule has 3 aliphatic heterocycles. The maximum atomic E-state index is 13.8. The summed E-state index contributed by atoms with van der Waals surface area (Å²) in [6.45, 7) is 8.09. The van der Waals surface area contributed by atoms with E-state index in [1.165, 1.54) is 12.8 Å². The van der Waals surface area contributed by atoms with Crippen molar-refractivity contribution in [1.82, 2.24) is 24.7 Å². The lowest BCUT2D eigenvalue weighted by molar-refractivity contribution is -0.129. The second-order valence-corrected chi connectivity index (χ2v) is 10.2. The van der Waals surface area contributed by atoms with Crippen LogP contribution in [0.2, 0.25) is 0 Å². The van der Waals surface area contributed by atoms with Crippen LogP contribution in [0.5, 0.6) is 0 Å². The number of pyridine rings is 2. The van der Waals surface area contributed by atoms with Crippen molar-refractivity contribution in [3.63, 3.8) is 0 Å². The molecule has 0 unspecified atom stereocenters. The number of piperazine rings is 1. The quantitative estimate of drug-likeness (QED) is 0.534. The molecular weight excluding hydrogens is 482 g/mol. The van der Waals surface area contributed by atoms with Crippen LogP contribution in [-0.2, 0) is 11.3 Å². The first-order chi connectivity index (χ1) is 18.5. The Hall–Kier alpha value is -3.92. The SMILES string of the molecule is CC(=O)N1CCN(c2ccc3c(=O)c(C(=O)NCCN4CCCC4)c4n(c3n2)-c2ccccc2CN4)CC1. The molecule has 198 valence electrons. The highest BCUT2D eigenvalue weighted by Gasteiger charge is 2.28. The minimum atomic E-state index is -0.365. The Morgan fingerprint density at radius 2 is 1.76 bits per heavy atom. The fourth-order valence-electron chi connectivity index (χ4n) is 5.76. The Bertz CT molecular complexity index is 1450. The molecule has 10 nitrogen and oxygen atoms in total. The molecule has 3 aromatic rings. The largest absolute Gasteiger partial charge is 0.366 e. The number of nitrogens with one attached hydrogen (secondary N) is 2. The van der Waals surface area contributed by atoms with Gasteiger partial charge in [-0.05, 0) is 49.7 Å². The monoisotopic (exact) mass is 515 g/mol. The Morgan fingerprint density at radius 3 is 2.53 bits per heavy atom. The van der Waals surface area contributed by atoms with Crippen LogP contribution in [0.4, 0.5) is 11.6 Å². The van der Waals surface area contributed by atoms with Gasteiger partial charge >= 0.3 is 0 Å². The number of nitrogens with zero attached hydrogens (tertiary/aromatic N) is 5. The van der Waals surface area contributed by atoms with Crippen molar-refractivity contribution >= 4 is 34.5 Å². The van der Waals surface area contributed by atoms with E-state index in [9.17, 15) is 14.4 Å². The first-order valence-corrected chi connectivity index (χ1v) is 13.4. The minimum absolute atomic E-state index is 0.0747. The fraction of sp³-hybridized carbons (Fsp3) is 0.429. The molecule has 38 heavy (non-hydrogen) atoms. The zero-order valence-electron chi connectivity index (χ0n) is 21.7. The van der Waals surface area contributed by atoms with Crippen molar-refractivity contribution in [3.8, 4) is 5.69 Å². The third-order valence-electron chi connectivity index (χ3n) is 7.87. The van der Waals surface area contributed by atoms with Gasteiger partial charge in [0.15, 0.2) is 5.65 Å².